The summed E-state index contributed by atoms with van der Waals surface area (Å²) in [5.41, 5.74) is 1.00. The van der Waals surface area contributed by atoms with E-state index in [4.69, 9.17) is 9.47 Å². The molecule has 7 heteroatoms. The largest absolute Gasteiger partial charge is 0.497 e. The molecular formula is C17H26N4O3. The molecule has 0 aliphatic heterocycles. The first kappa shape index (κ1) is 17.9. The van der Waals surface area contributed by atoms with Crippen LogP contribution in [-0.2, 0) is 11.3 Å². The predicted molar refractivity (Wildman–Crippen MR) is 93.5 cm³/mol. The van der Waals surface area contributed by atoms with E-state index in [2.05, 4.69) is 20.9 Å². The molecule has 0 heterocycles. The van der Waals surface area contributed by atoms with Crippen molar-refractivity contribution in [3.05, 3.63) is 23.8 Å². The van der Waals surface area contributed by atoms with Crippen LogP contribution < -0.4 is 25.4 Å². The van der Waals surface area contributed by atoms with E-state index in [-0.39, 0.29) is 11.8 Å². The Balaban J connectivity index is 1.75. The zero-order valence-electron chi connectivity index (χ0n) is 14.5. The van der Waals surface area contributed by atoms with Gasteiger partial charge in [0.25, 0.3) is 0 Å². The van der Waals surface area contributed by atoms with Crippen molar-refractivity contribution in [2.24, 2.45) is 10.9 Å². The van der Waals surface area contributed by atoms with Gasteiger partial charge in [-0.3, -0.25) is 9.79 Å². The summed E-state index contributed by atoms with van der Waals surface area (Å²) in [5, 5.41) is 9.31. The normalized spacial score (nSPS) is 14.0. The maximum atomic E-state index is 11.5. The van der Waals surface area contributed by atoms with Gasteiger partial charge in [-0.05, 0) is 25.0 Å². The van der Waals surface area contributed by atoms with Gasteiger partial charge < -0.3 is 25.4 Å². The number of methoxy groups -OCH3 is 2. The summed E-state index contributed by atoms with van der Waals surface area (Å²) in [6.45, 7) is 1.78. The maximum Gasteiger partial charge on any atom is 0.223 e. The number of aliphatic imine (C=N–C) groups is 1. The average molecular weight is 334 g/mol. The van der Waals surface area contributed by atoms with Gasteiger partial charge in [0.15, 0.2) is 5.96 Å². The third kappa shape index (κ3) is 5.33. The number of hydrogen-bond acceptors (Lipinski definition) is 4. The molecule has 1 amide bonds. The number of hydrogen-bond donors (Lipinski definition) is 3. The molecule has 3 N–H and O–H groups in total. The molecule has 1 fully saturated rings. The zero-order valence-corrected chi connectivity index (χ0v) is 14.5. The van der Waals surface area contributed by atoms with Crippen LogP contribution in [0.5, 0.6) is 11.5 Å². The highest BCUT2D eigenvalue weighted by atomic mass is 16.5. The third-order valence-electron chi connectivity index (χ3n) is 3.83. The second kappa shape index (κ2) is 9.00. The Morgan fingerprint density at radius 2 is 1.92 bits per heavy atom. The fourth-order valence-corrected chi connectivity index (χ4v) is 2.25. The molecule has 1 saturated carbocycles. The molecule has 0 saturated heterocycles. The van der Waals surface area contributed by atoms with Gasteiger partial charge >= 0.3 is 0 Å². The van der Waals surface area contributed by atoms with Crippen LogP contribution in [0.25, 0.3) is 0 Å². The first-order chi connectivity index (χ1) is 11.7. The van der Waals surface area contributed by atoms with Gasteiger partial charge in [0.2, 0.25) is 5.91 Å². The van der Waals surface area contributed by atoms with Gasteiger partial charge in [-0.25, -0.2) is 0 Å². The van der Waals surface area contributed by atoms with E-state index >= 15 is 0 Å². The van der Waals surface area contributed by atoms with E-state index in [0.717, 1.165) is 29.9 Å². The summed E-state index contributed by atoms with van der Waals surface area (Å²) in [7, 11) is 4.97. The summed E-state index contributed by atoms with van der Waals surface area (Å²) < 4.78 is 10.6. The van der Waals surface area contributed by atoms with E-state index in [0.29, 0.717) is 25.6 Å². The summed E-state index contributed by atoms with van der Waals surface area (Å²) in [5.74, 6) is 2.58. The van der Waals surface area contributed by atoms with Gasteiger partial charge in [-0.1, -0.05) is 0 Å². The van der Waals surface area contributed by atoms with Crippen molar-refractivity contribution >= 4 is 11.9 Å². The van der Waals surface area contributed by atoms with Crippen molar-refractivity contribution in [2.45, 2.75) is 19.4 Å². The number of nitrogens with one attached hydrogen (secondary N) is 3. The number of carbonyl (C=O) groups excluding carboxylic acids is 1. The third-order valence-corrected chi connectivity index (χ3v) is 3.83. The Morgan fingerprint density at radius 1 is 1.17 bits per heavy atom. The molecule has 1 aliphatic rings. The molecule has 132 valence electrons. The van der Waals surface area contributed by atoms with Crippen molar-refractivity contribution in [1.29, 1.82) is 0 Å². The highest BCUT2D eigenvalue weighted by Gasteiger charge is 2.28. The molecule has 0 atom stereocenters. The Morgan fingerprint density at radius 3 is 2.54 bits per heavy atom. The highest BCUT2D eigenvalue weighted by Crippen LogP contribution is 2.28. The lowest BCUT2D eigenvalue weighted by atomic mass is 10.2. The standard InChI is InChI=1S/C17H26N4O3/c1-18-17(20-9-8-19-16(22)12-4-5-12)21-11-13-6-7-14(23-2)10-15(13)24-3/h6-7,10,12H,4-5,8-9,11H2,1-3H3,(H,19,22)(H2,18,20,21). The SMILES string of the molecule is CN=C(NCCNC(=O)C1CC1)NCc1ccc(OC)cc1OC. The Kier molecular flexibility index (Phi) is 6.72. The van der Waals surface area contributed by atoms with Crippen LogP contribution in [0.4, 0.5) is 0 Å². The van der Waals surface area contributed by atoms with Crippen molar-refractivity contribution < 1.29 is 14.3 Å². The van der Waals surface area contributed by atoms with Crippen molar-refractivity contribution in [2.75, 3.05) is 34.4 Å². The maximum absolute atomic E-state index is 11.5. The monoisotopic (exact) mass is 334 g/mol. The first-order valence-electron chi connectivity index (χ1n) is 8.11. The predicted octanol–water partition coefficient (Wildman–Crippen LogP) is 0.895. The van der Waals surface area contributed by atoms with E-state index in [1.165, 1.54) is 0 Å². The molecule has 1 aromatic carbocycles. The van der Waals surface area contributed by atoms with E-state index in [9.17, 15) is 4.79 Å². The summed E-state index contributed by atoms with van der Waals surface area (Å²) in [4.78, 5) is 15.7. The van der Waals surface area contributed by atoms with Crippen LogP contribution in [0.3, 0.4) is 0 Å². The van der Waals surface area contributed by atoms with Crippen LogP contribution in [0.15, 0.2) is 23.2 Å². The topological polar surface area (TPSA) is 84.0 Å². The number of ether oxygens (including phenoxy) is 2. The molecular weight excluding hydrogens is 308 g/mol. The van der Waals surface area contributed by atoms with E-state index < -0.39 is 0 Å². The summed E-state index contributed by atoms with van der Waals surface area (Å²) in [6.07, 6.45) is 2.04. The Bertz CT molecular complexity index is 585. The lowest BCUT2D eigenvalue weighted by Gasteiger charge is -2.14. The Labute approximate surface area is 142 Å². The van der Waals surface area contributed by atoms with Gasteiger partial charge in [0, 0.05) is 44.2 Å². The quantitative estimate of drug-likeness (QED) is 0.374. The van der Waals surface area contributed by atoms with Crippen molar-refractivity contribution in [1.82, 2.24) is 16.0 Å². The van der Waals surface area contributed by atoms with Gasteiger partial charge in [0.1, 0.15) is 11.5 Å². The molecule has 24 heavy (non-hydrogen) atoms. The minimum atomic E-state index is 0.155. The van der Waals surface area contributed by atoms with Crippen molar-refractivity contribution in [3.63, 3.8) is 0 Å². The smallest absolute Gasteiger partial charge is 0.223 e. The second-order valence-electron chi connectivity index (χ2n) is 5.60. The summed E-state index contributed by atoms with van der Waals surface area (Å²) in [6, 6.07) is 5.69. The van der Waals surface area contributed by atoms with Gasteiger partial charge in [-0.15, -0.1) is 0 Å². The zero-order chi connectivity index (χ0) is 17.4. The van der Waals surface area contributed by atoms with Crippen LogP contribution >= 0.6 is 0 Å². The minimum absolute atomic E-state index is 0.155. The van der Waals surface area contributed by atoms with E-state index in [1.54, 1.807) is 21.3 Å². The molecule has 0 aromatic heterocycles. The van der Waals surface area contributed by atoms with Crippen LogP contribution in [0.2, 0.25) is 0 Å². The Hall–Kier alpha value is -2.44. The van der Waals surface area contributed by atoms with Crippen LogP contribution in [-0.4, -0.2) is 46.2 Å². The second-order valence-corrected chi connectivity index (χ2v) is 5.60. The first-order valence-corrected chi connectivity index (χ1v) is 8.11. The van der Waals surface area contributed by atoms with Gasteiger partial charge in [-0.2, -0.15) is 0 Å². The summed E-state index contributed by atoms with van der Waals surface area (Å²) >= 11 is 0. The molecule has 7 nitrogen and oxygen atoms in total. The lowest BCUT2D eigenvalue weighted by molar-refractivity contribution is -0.122. The van der Waals surface area contributed by atoms with Crippen molar-refractivity contribution in [3.8, 4) is 11.5 Å². The minimum Gasteiger partial charge on any atom is -0.497 e. The molecule has 1 aromatic rings. The molecule has 0 radical (unpaired) electrons. The van der Waals surface area contributed by atoms with Gasteiger partial charge in [0.05, 0.1) is 14.2 Å². The molecule has 2 rings (SSSR count). The number of guanidine groups is 1. The number of carbonyl (C=O) groups is 1. The molecule has 0 unspecified atom stereocenters. The average Bonchev–Trinajstić information content (AvgIpc) is 3.46. The van der Waals surface area contributed by atoms with Crippen LogP contribution in [0.1, 0.15) is 18.4 Å². The van der Waals surface area contributed by atoms with Crippen LogP contribution in [0, 0.1) is 5.92 Å². The highest BCUT2D eigenvalue weighted by molar-refractivity contribution is 5.81. The molecule has 0 bridgehead atoms. The number of amides is 1. The lowest BCUT2D eigenvalue weighted by Crippen LogP contribution is -2.41. The number of benzene rings is 1. The number of rotatable bonds is 8. The number of nitrogens with zero attached hydrogens (tertiary/aromatic N) is 1. The fourth-order valence-electron chi connectivity index (χ4n) is 2.25. The molecule has 0 spiro atoms. The van der Waals surface area contributed by atoms with E-state index in [1.807, 2.05) is 18.2 Å². The molecule has 1 aliphatic carbocycles. The fraction of sp³-hybridized carbons (Fsp3) is 0.529.